The number of carbonyl (C=O) groups is 2. The van der Waals surface area contributed by atoms with Crippen LogP contribution in [0.2, 0.25) is 0 Å². The third-order valence-corrected chi connectivity index (χ3v) is 4.89. The number of aldehydes is 1. The molecule has 1 aliphatic heterocycles. The number of aryl methyl sites for hydroxylation is 1. The molecular weight excluding hydrogens is 316 g/mol. The molecular formula is C19H24N4O2. The monoisotopic (exact) mass is 340 g/mol. The van der Waals surface area contributed by atoms with Crippen LogP contribution in [0.4, 0.5) is 4.79 Å². The van der Waals surface area contributed by atoms with Gasteiger partial charge >= 0.3 is 6.03 Å². The van der Waals surface area contributed by atoms with Crippen molar-refractivity contribution in [3.05, 3.63) is 40.9 Å². The summed E-state index contributed by atoms with van der Waals surface area (Å²) in [5.74, 6) is 0. The van der Waals surface area contributed by atoms with Crippen LogP contribution in [0.15, 0.2) is 24.4 Å². The molecule has 0 radical (unpaired) electrons. The normalized spacial score (nSPS) is 15.8. The highest BCUT2D eigenvalue weighted by molar-refractivity contribution is 5.93. The summed E-state index contributed by atoms with van der Waals surface area (Å²) in [4.78, 5) is 28.6. The summed E-state index contributed by atoms with van der Waals surface area (Å²) in [7, 11) is 0. The fraction of sp³-hybridized carbons (Fsp3) is 0.421. The minimum absolute atomic E-state index is 0.139. The largest absolute Gasteiger partial charge is 0.328 e. The second-order valence-electron chi connectivity index (χ2n) is 6.87. The first-order valence-corrected chi connectivity index (χ1v) is 8.61. The highest BCUT2D eigenvalue weighted by Gasteiger charge is 2.24. The molecule has 132 valence electrons. The van der Waals surface area contributed by atoms with Gasteiger partial charge in [-0.25, -0.2) is 4.79 Å². The maximum atomic E-state index is 13.0. The van der Waals surface area contributed by atoms with Crippen molar-refractivity contribution < 1.29 is 9.59 Å². The van der Waals surface area contributed by atoms with Crippen LogP contribution in [-0.2, 0) is 0 Å². The van der Waals surface area contributed by atoms with Gasteiger partial charge in [0.25, 0.3) is 0 Å². The molecule has 6 heteroatoms. The number of carbonyl (C=O) groups excluding carboxylic acids is 2. The Morgan fingerprint density at radius 3 is 2.48 bits per heavy atom. The van der Waals surface area contributed by atoms with Crippen molar-refractivity contribution in [1.82, 2.24) is 14.4 Å². The van der Waals surface area contributed by atoms with E-state index in [9.17, 15) is 9.59 Å². The van der Waals surface area contributed by atoms with Crippen LogP contribution >= 0.6 is 0 Å². The number of pyridine rings is 1. The number of hydrogen-bond acceptors (Lipinski definition) is 4. The predicted molar refractivity (Wildman–Crippen MR) is 97.0 cm³/mol. The van der Waals surface area contributed by atoms with Gasteiger partial charge in [-0.2, -0.15) is 0 Å². The number of piperazine rings is 1. The summed E-state index contributed by atoms with van der Waals surface area (Å²) in [6.07, 6.45) is 2.13. The molecule has 0 atom stereocenters. The molecule has 1 aromatic carbocycles. The standard InChI is InChI=1S/C19H24N4O2/c1-13(2)21-6-8-22(9-7-21)19(25)23-11-15(12-24)18(20)16-10-14(3)4-5-17(16)23/h4-5,10-13,20H,6-9H2,1-3H3. The van der Waals surface area contributed by atoms with E-state index in [1.165, 1.54) is 10.8 Å². The molecule has 3 rings (SSSR count). The van der Waals surface area contributed by atoms with Crippen molar-refractivity contribution in [1.29, 1.82) is 5.41 Å². The number of benzene rings is 1. The fourth-order valence-corrected chi connectivity index (χ4v) is 3.32. The lowest BCUT2D eigenvalue weighted by molar-refractivity contribution is 0.112. The summed E-state index contributed by atoms with van der Waals surface area (Å²) in [5, 5.41) is 9.01. The summed E-state index contributed by atoms with van der Waals surface area (Å²) < 4.78 is 1.52. The number of nitrogens with zero attached hydrogens (tertiary/aromatic N) is 3. The van der Waals surface area contributed by atoms with Gasteiger partial charge in [0, 0.05) is 43.8 Å². The number of amides is 1. The number of rotatable bonds is 2. The van der Waals surface area contributed by atoms with Crippen molar-refractivity contribution >= 4 is 23.2 Å². The number of aromatic nitrogens is 1. The zero-order chi connectivity index (χ0) is 18.1. The van der Waals surface area contributed by atoms with Gasteiger partial charge in [0.05, 0.1) is 16.4 Å². The first-order chi connectivity index (χ1) is 11.9. The molecule has 1 saturated heterocycles. The van der Waals surface area contributed by atoms with E-state index in [1.807, 2.05) is 30.0 Å². The van der Waals surface area contributed by atoms with Crippen LogP contribution < -0.4 is 5.36 Å². The zero-order valence-electron chi connectivity index (χ0n) is 15.0. The summed E-state index contributed by atoms with van der Waals surface area (Å²) >= 11 is 0. The van der Waals surface area contributed by atoms with Crippen molar-refractivity contribution in [2.75, 3.05) is 26.2 Å². The zero-order valence-corrected chi connectivity index (χ0v) is 15.0. The number of nitrogens with one attached hydrogen (secondary N) is 1. The van der Waals surface area contributed by atoms with Crippen molar-refractivity contribution in [3.63, 3.8) is 0 Å². The fourth-order valence-electron chi connectivity index (χ4n) is 3.32. The summed E-state index contributed by atoms with van der Waals surface area (Å²) in [5.41, 5.74) is 1.89. The van der Waals surface area contributed by atoms with Gasteiger partial charge in [0.15, 0.2) is 6.29 Å². The quantitative estimate of drug-likeness (QED) is 0.853. The van der Waals surface area contributed by atoms with E-state index in [-0.39, 0.29) is 17.0 Å². The van der Waals surface area contributed by atoms with E-state index in [0.29, 0.717) is 36.3 Å². The SMILES string of the molecule is Cc1ccc2c(c1)c(=N)c(C=O)cn2C(=O)N1CCN(C(C)C)CC1. The Kier molecular flexibility index (Phi) is 4.72. The molecule has 0 unspecified atom stereocenters. The van der Waals surface area contributed by atoms with E-state index < -0.39 is 0 Å². The van der Waals surface area contributed by atoms with E-state index in [0.717, 1.165) is 18.7 Å². The van der Waals surface area contributed by atoms with Crippen molar-refractivity contribution in [3.8, 4) is 0 Å². The van der Waals surface area contributed by atoms with Crippen LogP contribution in [0, 0.1) is 12.3 Å². The predicted octanol–water partition coefficient (Wildman–Crippen LogP) is 2.24. The molecule has 1 aromatic heterocycles. The Bertz CT molecular complexity index is 877. The lowest BCUT2D eigenvalue weighted by atomic mass is 10.1. The minimum Gasteiger partial charge on any atom is -0.321 e. The molecule has 2 aromatic rings. The van der Waals surface area contributed by atoms with Crippen LogP contribution in [0.3, 0.4) is 0 Å². The molecule has 1 fully saturated rings. The van der Waals surface area contributed by atoms with E-state index in [1.54, 1.807) is 0 Å². The maximum Gasteiger partial charge on any atom is 0.328 e. The Labute approximate surface area is 147 Å². The van der Waals surface area contributed by atoms with Gasteiger partial charge in [0.2, 0.25) is 0 Å². The second-order valence-corrected chi connectivity index (χ2v) is 6.87. The maximum absolute atomic E-state index is 13.0. The molecule has 1 amide bonds. The lowest BCUT2D eigenvalue weighted by Gasteiger charge is -2.37. The van der Waals surface area contributed by atoms with Crippen LogP contribution in [-0.4, -0.2) is 58.9 Å². The third kappa shape index (κ3) is 3.22. The van der Waals surface area contributed by atoms with Gasteiger partial charge in [-0.05, 0) is 32.9 Å². The third-order valence-electron chi connectivity index (χ3n) is 4.89. The molecule has 1 aliphatic rings. The minimum atomic E-state index is -0.139. The highest BCUT2D eigenvalue weighted by atomic mass is 16.2. The van der Waals surface area contributed by atoms with Crippen molar-refractivity contribution in [2.24, 2.45) is 0 Å². The Morgan fingerprint density at radius 1 is 1.20 bits per heavy atom. The molecule has 0 saturated carbocycles. The van der Waals surface area contributed by atoms with Gasteiger partial charge in [-0.15, -0.1) is 0 Å². The van der Waals surface area contributed by atoms with Crippen LogP contribution in [0.5, 0.6) is 0 Å². The average molecular weight is 340 g/mol. The molecule has 6 nitrogen and oxygen atoms in total. The van der Waals surface area contributed by atoms with Crippen molar-refractivity contribution in [2.45, 2.75) is 26.8 Å². The molecule has 0 aliphatic carbocycles. The Hall–Kier alpha value is -2.47. The first-order valence-electron chi connectivity index (χ1n) is 8.61. The number of fused-ring (bicyclic) bond motifs is 1. The highest BCUT2D eigenvalue weighted by Crippen LogP contribution is 2.16. The van der Waals surface area contributed by atoms with E-state index >= 15 is 0 Å². The average Bonchev–Trinajstić information content (AvgIpc) is 2.62. The van der Waals surface area contributed by atoms with Crippen LogP contribution in [0.25, 0.3) is 10.9 Å². The first kappa shape index (κ1) is 17.4. The number of hydrogen-bond donors (Lipinski definition) is 1. The van der Waals surface area contributed by atoms with Gasteiger partial charge in [-0.1, -0.05) is 11.6 Å². The summed E-state index contributed by atoms with van der Waals surface area (Å²) in [6, 6.07) is 5.95. The van der Waals surface area contributed by atoms with Gasteiger partial charge in [-0.3, -0.25) is 19.7 Å². The second kappa shape index (κ2) is 6.80. The smallest absolute Gasteiger partial charge is 0.321 e. The van der Waals surface area contributed by atoms with Gasteiger partial charge in [0.1, 0.15) is 0 Å². The van der Waals surface area contributed by atoms with E-state index in [2.05, 4.69) is 18.7 Å². The van der Waals surface area contributed by atoms with E-state index in [4.69, 9.17) is 5.41 Å². The molecule has 25 heavy (non-hydrogen) atoms. The molecule has 2 heterocycles. The van der Waals surface area contributed by atoms with Crippen LogP contribution in [0.1, 0.15) is 29.8 Å². The lowest BCUT2D eigenvalue weighted by Crippen LogP contribution is -2.51. The molecule has 0 bridgehead atoms. The molecule has 0 spiro atoms. The Morgan fingerprint density at radius 2 is 1.88 bits per heavy atom. The summed E-state index contributed by atoms with van der Waals surface area (Å²) in [6.45, 7) is 9.27. The molecule has 1 N–H and O–H groups in total. The van der Waals surface area contributed by atoms with Gasteiger partial charge < -0.3 is 4.90 Å². The Balaban J connectivity index is 2.01. The topological polar surface area (TPSA) is 69.4 Å².